The van der Waals surface area contributed by atoms with Crippen molar-refractivity contribution < 1.29 is 9.90 Å². The summed E-state index contributed by atoms with van der Waals surface area (Å²) in [4.78, 5) is 12.2. The van der Waals surface area contributed by atoms with E-state index in [-0.39, 0.29) is 11.9 Å². The molecule has 2 N–H and O–H groups in total. The number of hydrogen-bond donors (Lipinski definition) is 2. The molecule has 1 fully saturated rings. The monoisotopic (exact) mass is 285 g/mol. The highest BCUT2D eigenvalue weighted by Gasteiger charge is 2.24. The van der Waals surface area contributed by atoms with Crippen molar-refractivity contribution in [1.82, 2.24) is 15.1 Å². The fourth-order valence-electron chi connectivity index (χ4n) is 2.72. The molecule has 21 heavy (non-hydrogen) atoms. The van der Waals surface area contributed by atoms with E-state index in [0.29, 0.717) is 5.56 Å². The highest BCUT2D eigenvalue weighted by Crippen LogP contribution is 2.19. The normalized spacial score (nSPS) is 22.0. The first-order chi connectivity index (χ1) is 10.2. The van der Waals surface area contributed by atoms with E-state index in [4.69, 9.17) is 0 Å². The van der Waals surface area contributed by atoms with Crippen molar-refractivity contribution in [3.63, 3.8) is 0 Å². The first kappa shape index (κ1) is 13.8. The molecule has 1 saturated carbocycles. The maximum atomic E-state index is 12.2. The fraction of sp³-hybridized carbons (Fsp3) is 0.375. The largest absolute Gasteiger partial charge is 0.391 e. The van der Waals surface area contributed by atoms with Crippen LogP contribution in [0.3, 0.4) is 0 Å². The van der Waals surface area contributed by atoms with Gasteiger partial charge in [-0.2, -0.15) is 5.10 Å². The summed E-state index contributed by atoms with van der Waals surface area (Å²) in [6.45, 7) is 0. The van der Waals surface area contributed by atoms with Crippen molar-refractivity contribution in [1.29, 1.82) is 0 Å². The van der Waals surface area contributed by atoms with Gasteiger partial charge in [-0.25, -0.2) is 4.68 Å². The van der Waals surface area contributed by atoms with Crippen LogP contribution < -0.4 is 5.32 Å². The lowest BCUT2D eigenvalue weighted by atomic mass is 9.92. The number of aliphatic hydroxyl groups is 1. The highest BCUT2D eigenvalue weighted by molar-refractivity contribution is 5.94. The molecule has 1 aromatic carbocycles. The number of nitrogens with zero attached hydrogens (tertiary/aromatic N) is 2. The second-order valence-electron chi connectivity index (χ2n) is 5.43. The summed E-state index contributed by atoms with van der Waals surface area (Å²) in [6, 6.07) is 9.00. The topological polar surface area (TPSA) is 67.2 Å². The smallest absolute Gasteiger partial charge is 0.251 e. The highest BCUT2D eigenvalue weighted by atomic mass is 16.3. The predicted molar refractivity (Wildman–Crippen MR) is 79.3 cm³/mol. The van der Waals surface area contributed by atoms with Crippen LogP contribution in [0.1, 0.15) is 36.0 Å². The first-order valence-corrected chi connectivity index (χ1v) is 7.33. The molecule has 5 heteroatoms. The van der Waals surface area contributed by atoms with Gasteiger partial charge in [-0.05, 0) is 43.2 Å². The van der Waals surface area contributed by atoms with Crippen LogP contribution in [0.25, 0.3) is 5.69 Å². The minimum Gasteiger partial charge on any atom is -0.391 e. The van der Waals surface area contributed by atoms with Gasteiger partial charge in [0.25, 0.3) is 5.91 Å². The van der Waals surface area contributed by atoms with E-state index >= 15 is 0 Å². The van der Waals surface area contributed by atoms with Crippen molar-refractivity contribution in [2.75, 3.05) is 0 Å². The Morgan fingerprint density at radius 1 is 1.24 bits per heavy atom. The molecule has 0 bridgehead atoms. The molecule has 0 radical (unpaired) electrons. The third-order valence-corrected chi connectivity index (χ3v) is 3.94. The van der Waals surface area contributed by atoms with Crippen LogP contribution >= 0.6 is 0 Å². The Hall–Kier alpha value is -2.14. The summed E-state index contributed by atoms with van der Waals surface area (Å²) >= 11 is 0. The number of hydrogen-bond acceptors (Lipinski definition) is 3. The number of aliphatic hydroxyl groups excluding tert-OH is 1. The zero-order valence-corrected chi connectivity index (χ0v) is 11.8. The minimum absolute atomic E-state index is 0.128. The number of benzene rings is 1. The first-order valence-electron chi connectivity index (χ1n) is 7.33. The molecular formula is C16H19N3O2. The van der Waals surface area contributed by atoms with Crippen LogP contribution in [0.2, 0.25) is 0 Å². The quantitative estimate of drug-likeness (QED) is 0.905. The number of carbonyl (C=O) groups excluding carboxylic acids is 1. The molecule has 0 spiro atoms. The summed E-state index contributed by atoms with van der Waals surface area (Å²) < 4.78 is 1.74. The van der Waals surface area contributed by atoms with Gasteiger partial charge >= 0.3 is 0 Å². The Kier molecular flexibility index (Phi) is 4.01. The molecule has 1 aliphatic carbocycles. The van der Waals surface area contributed by atoms with Gasteiger partial charge in [0.05, 0.1) is 17.8 Å². The van der Waals surface area contributed by atoms with Crippen molar-refractivity contribution in [3.05, 3.63) is 48.3 Å². The van der Waals surface area contributed by atoms with E-state index in [0.717, 1.165) is 31.4 Å². The standard InChI is InChI=1S/C16H19N3O2/c20-15-5-2-1-4-14(15)18-16(21)12-6-8-13(9-7-12)19-11-3-10-17-19/h3,6-11,14-15,20H,1-2,4-5H2,(H,18,21). The molecule has 1 heterocycles. The Labute approximate surface area is 123 Å². The average molecular weight is 285 g/mol. The van der Waals surface area contributed by atoms with Gasteiger partial charge in [0.2, 0.25) is 0 Å². The van der Waals surface area contributed by atoms with Crippen LogP contribution in [0.5, 0.6) is 0 Å². The molecule has 2 aromatic rings. The lowest BCUT2D eigenvalue weighted by molar-refractivity contribution is 0.0717. The summed E-state index contributed by atoms with van der Waals surface area (Å²) in [5.41, 5.74) is 1.51. The molecule has 2 unspecified atom stereocenters. The molecule has 1 amide bonds. The molecule has 0 saturated heterocycles. The van der Waals surface area contributed by atoms with Gasteiger partial charge in [-0.15, -0.1) is 0 Å². The SMILES string of the molecule is O=C(NC1CCCCC1O)c1ccc(-n2cccn2)cc1. The van der Waals surface area contributed by atoms with Gasteiger partial charge in [0.15, 0.2) is 0 Å². The molecule has 5 nitrogen and oxygen atoms in total. The Balaban J connectivity index is 1.67. The van der Waals surface area contributed by atoms with Gasteiger partial charge in [0.1, 0.15) is 0 Å². The maximum Gasteiger partial charge on any atom is 0.251 e. The molecule has 110 valence electrons. The van der Waals surface area contributed by atoms with E-state index in [9.17, 15) is 9.90 Å². The van der Waals surface area contributed by atoms with Crippen LogP contribution in [0, 0.1) is 0 Å². The van der Waals surface area contributed by atoms with Gasteiger partial charge in [-0.1, -0.05) is 12.8 Å². The fourth-order valence-corrected chi connectivity index (χ4v) is 2.72. The molecule has 1 aliphatic rings. The van der Waals surface area contributed by atoms with Crippen LogP contribution in [0.4, 0.5) is 0 Å². The van der Waals surface area contributed by atoms with E-state index in [1.165, 1.54) is 0 Å². The zero-order chi connectivity index (χ0) is 14.7. The van der Waals surface area contributed by atoms with Gasteiger partial charge in [-0.3, -0.25) is 4.79 Å². The summed E-state index contributed by atoms with van der Waals surface area (Å²) in [6.07, 6.45) is 6.85. The lowest BCUT2D eigenvalue weighted by Gasteiger charge is -2.28. The second-order valence-corrected chi connectivity index (χ2v) is 5.43. The number of nitrogens with one attached hydrogen (secondary N) is 1. The Morgan fingerprint density at radius 2 is 2.00 bits per heavy atom. The maximum absolute atomic E-state index is 12.2. The van der Waals surface area contributed by atoms with Crippen molar-refractivity contribution in [2.24, 2.45) is 0 Å². The molecule has 1 aromatic heterocycles. The number of amides is 1. The minimum atomic E-state index is -0.425. The zero-order valence-electron chi connectivity index (χ0n) is 11.8. The number of rotatable bonds is 3. The van der Waals surface area contributed by atoms with E-state index in [2.05, 4.69) is 10.4 Å². The number of carbonyl (C=O) groups is 1. The van der Waals surface area contributed by atoms with E-state index < -0.39 is 6.10 Å². The Morgan fingerprint density at radius 3 is 2.67 bits per heavy atom. The van der Waals surface area contributed by atoms with Crippen LogP contribution in [-0.2, 0) is 0 Å². The van der Waals surface area contributed by atoms with Crippen LogP contribution in [-0.4, -0.2) is 32.9 Å². The molecule has 0 aliphatic heterocycles. The third-order valence-electron chi connectivity index (χ3n) is 3.94. The van der Waals surface area contributed by atoms with Crippen molar-refractivity contribution in [2.45, 2.75) is 37.8 Å². The van der Waals surface area contributed by atoms with E-state index in [1.54, 1.807) is 23.0 Å². The lowest BCUT2D eigenvalue weighted by Crippen LogP contribution is -2.45. The number of aromatic nitrogens is 2. The summed E-state index contributed by atoms with van der Waals surface area (Å²) in [5, 5.41) is 17.0. The average Bonchev–Trinajstić information content (AvgIpc) is 3.04. The predicted octanol–water partition coefficient (Wildman–Crippen LogP) is 1.91. The van der Waals surface area contributed by atoms with E-state index in [1.807, 2.05) is 24.4 Å². The summed E-state index contributed by atoms with van der Waals surface area (Å²) in [5.74, 6) is -0.132. The van der Waals surface area contributed by atoms with Crippen molar-refractivity contribution >= 4 is 5.91 Å². The molecule has 3 rings (SSSR count). The Bertz CT molecular complexity index is 592. The van der Waals surface area contributed by atoms with Crippen LogP contribution in [0.15, 0.2) is 42.7 Å². The summed E-state index contributed by atoms with van der Waals surface area (Å²) in [7, 11) is 0. The second kappa shape index (κ2) is 6.10. The van der Waals surface area contributed by atoms with Gasteiger partial charge in [0, 0.05) is 18.0 Å². The van der Waals surface area contributed by atoms with Crippen molar-refractivity contribution in [3.8, 4) is 5.69 Å². The van der Waals surface area contributed by atoms with Gasteiger partial charge < -0.3 is 10.4 Å². The third kappa shape index (κ3) is 3.13. The molecular weight excluding hydrogens is 266 g/mol. The molecule has 2 atom stereocenters.